The summed E-state index contributed by atoms with van der Waals surface area (Å²) >= 11 is 7.32. The summed E-state index contributed by atoms with van der Waals surface area (Å²) in [5.41, 5.74) is 0.537. The molecule has 3 rings (SSSR count). The fourth-order valence-corrected chi connectivity index (χ4v) is 2.85. The third kappa shape index (κ3) is 4.74. The molecular formula is C20H16ClFN2O3S. The predicted octanol–water partition coefficient (Wildman–Crippen LogP) is 5.77. The molecule has 5 nitrogen and oxygen atoms in total. The lowest BCUT2D eigenvalue weighted by Crippen LogP contribution is -2.17. The molecule has 0 radical (unpaired) electrons. The number of nitrogens with one attached hydrogen (secondary N) is 1. The zero-order valence-corrected chi connectivity index (χ0v) is 16.6. The van der Waals surface area contributed by atoms with E-state index in [2.05, 4.69) is 9.71 Å². The predicted molar refractivity (Wildman–Crippen MR) is 108 cm³/mol. The van der Waals surface area contributed by atoms with E-state index in [1.807, 2.05) is 18.2 Å². The highest BCUT2D eigenvalue weighted by Gasteiger charge is 2.16. The molecule has 0 bridgehead atoms. The van der Waals surface area contributed by atoms with Crippen LogP contribution in [0.15, 0.2) is 54.7 Å². The van der Waals surface area contributed by atoms with Crippen LogP contribution in [0.1, 0.15) is 15.9 Å². The molecule has 144 valence electrons. The van der Waals surface area contributed by atoms with E-state index in [0.717, 1.165) is 18.0 Å². The molecule has 0 saturated heterocycles. The normalized spacial score (nSPS) is 10.4. The minimum absolute atomic E-state index is 0.0537. The molecule has 3 aromatic rings. The van der Waals surface area contributed by atoms with E-state index in [4.69, 9.17) is 21.1 Å². The SMILES string of the molecule is CSNC(=O)c1cc(C)c(Oc2cnc(Oc3ccccc3)c(Cl)c2)cc1F. The van der Waals surface area contributed by atoms with Crippen molar-refractivity contribution in [1.82, 2.24) is 9.71 Å². The Morgan fingerprint density at radius 1 is 1.14 bits per heavy atom. The van der Waals surface area contributed by atoms with Crippen molar-refractivity contribution >= 4 is 29.5 Å². The van der Waals surface area contributed by atoms with Crippen LogP contribution in [-0.4, -0.2) is 17.1 Å². The number of aromatic nitrogens is 1. The van der Waals surface area contributed by atoms with Crippen LogP contribution >= 0.6 is 23.5 Å². The summed E-state index contributed by atoms with van der Waals surface area (Å²) in [5, 5.41) is 0.246. The summed E-state index contributed by atoms with van der Waals surface area (Å²) in [4.78, 5) is 16.0. The molecule has 8 heteroatoms. The molecule has 0 aliphatic rings. The Morgan fingerprint density at radius 3 is 2.57 bits per heavy atom. The zero-order valence-electron chi connectivity index (χ0n) is 15.0. The average molecular weight is 419 g/mol. The highest BCUT2D eigenvalue weighted by molar-refractivity contribution is 7.97. The topological polar surface area (TPSA) is 60.5 Å². The first-order valence-corrected chi connectivity index (χ1v) is 9.78. The first-order valence-electron chi connectivity index (χ1n) is 8.17. The van der Waals surface area contributed by atoms with Crippen molar-refractivity contribution in [3.05, 3.63) is 76.7 Å². The summed E-state index contributed by atoms with van der Waals surface area (Å²) in [5.74, 6) is 0.207. The number of nitrogens with zero attached hydrogens (tertiary/aromatic N) is 1. The van der Waals surface area contributed by atoms with Crippen molar-refractivity contribution < 1.29 is 18.7 Å². The van der Waals surface area contributed by atoms with Gasteiger partial charge in [-0.3, -0.25) is 9.52 Å². The smallest absolute Gasteiger partial charge is 0.264 e. The standard InChI is InChI=1S/C20H16ClFN2O3S/c1-12-8-15(19(25)24-28-2)17(22)10-18(12)26-14-9-16(21)20(23-11-14)27-13-6-4-3-5-7-13/h3-11H,1-2H3,(H,24,25). The number of halogens is 2. The molecule has 0 fully saturated rings. The fourth-order valence-electron chi connectivity index (χ4n) is 2.36. The van der Waals surface area contributed by atoms with Gasteiger partial charge in [0.2, 0.25) is 5.88 Å². The molecule has 0 spiro atoms. The van der Waals surface area contributed by atoms with E-state index in [9.17, 15) is 9.18 Å². The zero-order chi connectivity index (χ0) is 20.1. The Morgan fingerprint density at radius 2 is 1.89 bits per heavy atom. The number of para-hydroxylation sites is 1. The summed E-state index contributed by atoms with van der Waals surface area (Å²) < 4.78 is 28.1. The van der Waals surface area contributed by atoms with Crippen LogP contribution in [0.4, 0.5) is 4.39 Å². The van der Waals surface area contributed by atoms with E-state index in [1.165, 1.54) is 18.3 Å². The van der Waals surface area contributed by atoms with Crippen molar-refractivity contribution in [3.63, 3.8) is 0 Å². The Labute approximate surface area is 171 Å². The van der Waals surface area contributed by atoms with Crippen LogP contribution in [0.5, 0.6) is 23.1 Å². The van der Waals surface area contributed by atoms with Crippen LogP contribution in [-0.2, 0) is 0 Å². The lowest BCUT2D eigenvalue weighted by Gasteiger charge is -2.12. The third-order valence-electron chi connectivity index (χ3n) is 3.67. The molecule has 1 N–H and O–H groups in total. The van der Waals surface area contributed by atoms with Crippen LogP contribution in [0, 0.1) is 12.7 Å². The molecular weight excluding hydrogens is 403 g/mol. The van der Waals surface area contributed by atoms with Crippen molar-refractivity contribution in [2.24, 2.45) is 0 Å². The molecule has 1 amide bonds. The minimum Gasteiger partial charge on any atom is -0.455 e. The van der Waals surface area contributed by atoms with Gasteiger partial charge in [-0.05, 0) is 30.7 Å². The number of amides is 1. The van der Waals surface area contributed by atoms with E-state index in [1.54, 1.807) is 25.3 Å². The first-order chi connectivity index (χ1) is 13.5. The molecule has 28 heavy (non-hydrogen) atoms. The summed E-state index contributed by atoms with van der Waals surface area (Å²) in [6.07, 6.45) is 3.11. The molecule has 0 unspecified atom stereocenters. The number of ether oxygens (including phenoxy) is 2. The van der Waals surface area contributed by atoms with Gasteiger partial charge in [-0.15, -0.1) is 0 Å². The maximum Gasteiger partial charge on any atom is 0.264 e. The van der Waals surface area contributed by atoms with E-state index in [0.29, 0.717) is 17.1 Å². The Bertz CT molecular complexity index is 1000. The highest BCUT2D eigenvalue weighted by Crippen LogP contribution is 2.33. The molecule has 2 aromatic carbocycles. The largest absolute Gasteiger partial charge is 0.455 e. The molecule has 0 saturated carbocycles. The Balaban J connectivity index is 1.79. The van der Waals surface area contributed by atoms with Gasteiger partial charge in [0.05, 0.1) is 11.8 Å². The summed E-state index contributed by atoms with van der Waals surface area (Å²) in [6.45, 7) is 1.71. The number of rotatable bonds is 6. The lowest BCUT2D eigenvalue weighted by molar-refractivity contribution is 0.0980. The average Bonchev–Trinajstić information content (AvgIpc) is 2.67. The molecule has 0 atom stereocenters. The Hall–Kier alpha value is -2.77. The molecule has 1 heterocycles. The quantitative estimate of drug-likeness (QED) is 0.514. The highest BCUT2D eigenvalue weighted by atomic mass is 35.5. The molecule has 0 aliphatic heterocycles. The second-order valence-corrected chi connectivity index (χ2v) is 6.73. The van der Waals surface area contributed by atoms with Gasteiger partial charge in [0.25, 0.3) is 5.91 Å². The van der Waals surface area contributed by atoms with Gasteiger partial charge >= 0.3 is 0 Å². The first kappa shape index (κ1) is 20.0. The van der Waals surface area contributed by atoms with Crippen molar-refractivity contribution in [2.75, 3.05) is 6.26 Å². The van der Waals surface area contributed by atoms with Gasteiger partial charge in [-0.25, -0.2) is 9.37 Å². The number of pyridine rings is 1. The monoisotopic (exact) mass is 418 g/mol. The second-order valence-electron chi connectivity index (χ2n) is 5.71. The number of hydrogen-bond donors (Lipinski definition) is 1. The second kappa shape index (κ2) is 8.95. The number of aryl methyl sites for hydroxylation is 1. The van der Waals surface area contributed by atoms with Gasteiger partial charge in [0, 0.05) is 18.4 Å². The number of hydrogen-bond acceptors (Lipinski definition) is 5. The number of carbonyl (C=O) groups excluding carboxylic acids is 1. The van der Waals surface area contributed by atoms with Gasteiger partial charge < -0.3 is 9.47 Å². The summed E-state index contributed by atoms with van der Waals surface area (Å²) in [7, 11) is 0. The van der Waals surface area contributed by atoms with Gasteiger partial charge in [0.1, 0.15) is 28.1 Å². The molecule has 1 aromatic heterocycles. The van der Waals surface area contributed by atoms with E-state index in [-0.39, 0.29) is 22.2 Å². The Kier molecular flexibility index (Phi) is 6.38. The van der Waals surface area contributed by atoms with Crippen molar-refractivity contribution in [1.29, 1.82) is 0 Å². The maximum atomic E-state index is 14.3. The van der Waals surface area contributed by atoms with E-state index >= 15 is 0 Å². The van der Waals surface area contributed by atoms with Crippen LogP contribution in [0.25, 0.3) is 0 Å². The van der Waals surface area contributed by atoms with Crippen LogP contribution < -0.4 is 14.2 Å². The number of benzene rings is 2. The molecule has 0 aliphatic carbocycles. The van der Waals surface area contributed by atoms with Crippen molar-refractivity contribution in [2.45, 2.75) is 6.92 Å². The van der Waals surface area contributed by atoms with Crippen molar-refractivity contribution in [3.8, 4) is 23.1 Å². The number of carbonyl (C=O) groups is 1. The minimum atomic E-state index is -0.685. The third-order valence-corrected chi connectivity index (χ3v) is 4.33. The van der Waals surface area contributed by atoms with Crippen LogP contribution in [0.3, 0.4) is 0 Å². The maximum absolute atomic E-state index is 14.3. The van der Waals surface area contributed by atoms with E-state index < -0.39 is 11.7 Å². The lowest BCUT2D eigenvalue weighted by atomic mass is 10.1. The van der Waals surface area contributed by atoms with Gasteiger partial charge in [0.15, 0.2) is 0 Å². The van der Waals surface area contributed by atoms with Crippen LogP contribution in [0.2, 0.25) is 5.02 Å². The van der Waals surface area contributed by atoms with Gasteiger partial charge in [-0.1, -0.05) is 41.7 Å². The summed E-state index contributed by atoms with van der Waals surface area (Å²) in [6, 6.07) is 13.2. The fraction of sp³-hybridized carbons (Fsp3) is 0.100. The van der Waals surface area contributed by atoms with Gasteiger partial charge in [-0.2, -0.15) is 0 Å².